The molecule has 2 unspecified atom stereocenters. The van der Waals surface area contributed by atoms with Crippen LogP contribution >= 0.6 is 11.6 Å². The van der Waals surface area contributed by atoms with Crippen LogP contribution in [0.3, 0.4) is 0 Å². The molecule has 7 nitrogen and oxygen atoms in total. The SMILES string of the molecule is CCC1CC(=O)CC(COC(=O)N(C)C)N1S(=O)(=O)c1ccc(Cl)cc1. The number of amides is 1. The van der Waals surface area contributed by atoms with E-state index in [1.807, 2.05) is 6.92 Å². The van der Waals surface area contributed by atoms with Crippen LogP contribution in [0.5, 0.6) is 0 Å². The van der Waals surface area contributed by atoms with Crippen LogP contribution in [0.2, 0.25) is 5.02 Å². The Balaban J connectivity index is 2.35. The summed E-state index contributed by atoms with van der Waals surface area (Å²) in [5.41, 5.74) is 0. The smallest absolute Gasteiger partial charge is 0.409 e. The maximum Gasteiger partial charge on any atom is 0.409 e. The second-order valence-corrected chi connectivity index (χ2v) is 8.70. The summed E-state index contributed by atoms with van der Waals surface area (Å²) in [4.78, 5) is 25.1. The molecule has 0 radical (unpaired) electrons. The van der Waals surface area contributed by atoms with E-state index in [2.05, 4.69) is 0 Å². The second-order valence-electron chi connectivity index (χ2n) is 6.42. The Morgan fingerprint density at radius 1 is 1.23 bits per heavy atom. The summed E-state index contributed by atoms with van der Waals surface area (Å²) in [5, 5.41) is 0.432. The molecule has 0 N–H and O–H groups in total. The van der Waals surface area contributed by atoms with Gasteiger partial charge in [0.25, 0.3) is 0 Å². The Morgan fingerprint density at radius 3 is 2.35 bits per heavy atom. The summed E-state index contributed by atoms with van der Waals surface area (Å²) in [7, 11) is -0.797. The molecule has 0 saturated carbocycles. The van der Waals surface area contributed by atoms with Crippen LogP contribution in [-0.2, 0) is 19.6 Å². The van der Waals surface area contributed by atoms with Crippen LogP contribution in [0.15, 0.2) is 29.2 Å². The first-order chi connectivity index (χ1) is 12.2. The highest BCUT2D eigenvalue weighted by atomic mass is 35.5. The van der Waals surface area contributed by atoms with E-state index in [1.54, 1.807) is 0 Å². The molecule has 1 aliphatic rings. The van der Waals surface area contributed by atoms with Gasteiger partial charge in [0.15, 0.2) is 0 Å². The third-order valence-electron chi connectivity index (χ3n) is 4.27. The lowest BCUT2D eigenvalue weighted by Crippen LogP contribution is -2.54. The van der Waals surface area contributed by atoms with Gasteiger partial charge in [-0.2, -0.15) is 4.31 Å². The summed E-state index contributed by atoms with van der Waals surface area (Å²) in [6.07, 6.45) is 0.0715. The number of nitrogens with zero attached hydrogens (tertiary/aromatic N) is 2. The minimum Gasteiger partial charge on any atom is -0.448 e. The molecule has 1 saturated heterocycles. The number of Topliss-reactive ketones (excluding diaryl/α,β-unsaturated/α-hetero) is 1. The van der Waals surface area contributed by atoms with Gasteiger partial charge in [-0.15, -0.1) is 0 Å². The molecule has 0 bridgehead atoms. The van der Waals surface area contributed by atoms with Crippen molar-refractivity contribution in [1.82, 2.24) is 9.21 Å². The van der Waals surface area contributed by atoms with Crippen molar-refractivity contribution >= 4 is 33.5 Å². The molecule has 0 aliphatic carbocycles. The zero-order valence-corrected chi connectivity index (χ0v) is 16.6. The highest BCUT2D eigenvalue weighted by Gasteiger charge is 2.42. The number of sulfonamides is 1. The summed E-state index contributed by atoms with van der Waals surface area (Å²) >= 11 is 5.85. The molecule has 2 atom stereocenters. The first-order valence-electron chi connectivity index (χ1n) is 8.31. The topological polar surface area (TPSA) is 84.0 Å². The van der Waals surface area contributed by atoms with E-state index in [1.165, 1.54) is 47.6 Å². The van der Waals surface area contributed by atoms with Gasteiger partial charge in [-0.25, -0.2) is 13.2 Å². The van der Waals surface area contributed by atoms with Gasteiger partial charge in [0.1, 0.15) is 12.4 Å². The first-order valence-corrected chi connectivity index (χ1v) is 10.1. The monoisotopic (exact) mass is 402 g/mol. The number of benzene rings is 1. The molecule has 1 heterocycles. The van der Waals surface area contributed by atoms with E-state index >= 15 is 0 Å². The fraction of sp³-hybridized carbons (Fsp3) is 0.529. The van der Waals surface area contributed by atoms with Crippen LogP contribution in [0, 0.1) is 0 Å². The molecular formula is C17H23ClN2O5S. The molecule has 1 aromatic carbocycles. The van der Waals surface area contributed by atoms with Gasteiger partial charge in [-0.05, 0) is 30.7 Å². The fourth-order valence-corrected chi connectivity index (χ4v) is 4.95. The Labute approximate surface area is 158 Å². The third-order valence-corrected chi connectivity index (χ3v) is 6.54. The van der Waals surface area contributed by atoms with E-state index in [0.717, 1.165) is 0 Å². The number of ketones is 1. The quantitative estimate of drug-likeness (QED) is 0.755. The van der Waals surface area contributed by atoms with Crippen molar-refractivity contribution < 1.29 is 22.7 Å². The summed E-state index contributed by atoms with van der Waals surface area (Å²) in [5.74, 6) is -0.0368. The lowest BCUT2D eigenvalue weighted by molar-refractivity contribution is -0.124. The highest BCUT2D eigenvalue weighted by Crippen LogP contribution is 2.30. The van der Waals surface area contributed by atoms with Crippen molar-refractivity contribution in [2.24, 2.45) is 0 Å². The van der Waals surface area contributed by atoms with Crippen molar-refractivity contribution in [1.29, 1.82) is 0 Å². The Morgan fingerprint density at radius 2 is 1.81 bits per heavy atom. The fourth-order valence-electron chi connectivity index (χ4n) is 2.96. The average Bonchev–Trinajstić information content (AvgIpc) is 2.58. The maximum absolute atomic E-state index is 13.2. The number of halogens is 1. The second kappa shape index (κ2) is 8.37. The maximum atomic E-state index is 13.2. The third kappa shape index (κ3) is 4.55. The number of carbonyl (C=O) groups excluding carboxylic acids is 2. The molecule has 26 heavy (non-hydrogen) atoms. The van der Waals surface area contributed by atoms with Crippen molar-refractivity contribution in [3.8, 4) is 0 Å². The Hall–Kier alpha value is -1.64. The predicted octanol–water partition coefficient (Wildman–Crippen LogP) is 2.54. The van der Waals surface area contributed by atoms with Crippen LogP contribution in [0.4, 0.5) is 4.79 Å². The summed E-state index contributed by atoms with van der Waals surface area (Å²) in [6, 6.07) is 4.68. The zero-order valence-electron chi connectivity index (χ0n) is 15.0. The standard InChI is InChI=1S/C17H23ClN2O5S/c1-4-13-9-15(21)10-14(11-25-17(22)19(2)3)20(13)26(23,24)16-7-5-12(18)6-8-16/h5-8,13-14H,4,9-11H2,1-3H3. The largest absolute Gasteiger partial charge is 0.448 e. The number of carbonyl (C=O) groups is 2. The van der Waals surface area contributed by atoms with Gasteiger partial charge in [0.2, 0.25) is 10.0 Å². The number of ether oxygens (including phenoxy) is 1. The molecule has 1 aliphatic heterocycles. The number of piperidine rings is 1. The predicted molar refractivity (Wildman–Crippen MR) is 97.6 cm³/mol. The average molecular weight is 403 g/mol. The number of rotatable bonds is 5. The molecule has 0 aromatic heterocycles. The molecular weight excluding hydrogens is 380 g/mol. The highest BCUT2D eigenvalue weighted by molar-refractivity contribution is 7.89. The van der Waals surface area contributed by atoms with E-state index in [4.69, 9.17) is 16.3 Å². The zero-order chi connectivity index (χ0) is 19.5. The Kier molecular flexibility index (Phi) is 6.65. The van der Waals surface area contributed by atoms with Crippen molar-refractivity contribution in [2.45, 2.75) is 43.2 Å². The number of hydrogen-bond donors (Lipinski definition) is 0. The van der Waals surface area contributed by atoms with Gasteiger partial charge in [0.05, 0.1) is 10.9 Å². The minimum absolute atomic E-state index is 0.0179. The number of hydrogen-bond acceptors (Lipinski definition) is 5. The molecule has 9 heteroatoms. The Bertz CT molecular complexity index is 764. The minimum atomic E-state index is -3.86. The lowest BCUT2D eigenvalue weighted by Gasteiger charge is -2.39. The van der Waals surface area contributed by atoms with Crippen LogP contribution < -0.4 is 0 Å². The molecule has 0 spiro atoms. The van der Waals surface area contributed by atoms with Gasteiger partial charge < -0.3 is 9.64 Å². The van der Waals surface area contributed by atoms with E-state index in [9.17, 15) is 18.0 Å². The molecule has 144 valence electrons. The van der Waals surface area contributed by atoms with Crippen molar-refractivity contribution in [2.75, 3.05) is 20.7 Å². The first kappa shape index (κ1) is 20.7. The van der Waals surface area contributed by atoms with E-state index < -0.39 is 28.2 Å². The van der Waals surface area contributed by atoms with E-state index in [0.29, 0.717) is 11.4 Å². The molecule has 2 rings (SSSR count). The van der Waals surface area contributed by atoms with Gasteiger partial charge in [0, 0.05) is 38.0 Å². The van der Waals surface area contributed by atoms with E-state index in [-0.39, 0.29) is 30.1 Å². The van der Waals surface area contributed by atoms with Crippen molar-refractivity contribution in [3.63, 3.8) is 0 Å². The summed E-state index contributed by atoms with van der Waals surface area (Å²) in [6.45, 7) is 1.66. The van der Waals surface area contributed by atoms with Crippen LogP contribution in [-0.4, -0.2) is 62.3 Å². The van der Waals surface area contributed by atoms with Gasteiger partial charge in [-0.1, -0.05) is 18.5 Å². The van der Waals surface area contributed by atoms with Gasteiger partial charge in [-0.3, -0.25) is 4.79 Å². The molecule has 1 aromatic rings. The van der Waals surface area contributed by atoms with Gasteiger partial charge >= 0.3 is 6.09 Å². The molecule has 1 amide bonds. The lowest BCUT2D eigenvalue weighted by atomic mass is 9.96. The normalized spacial score (nSPS) is 21.5. The van der Waals surface area contributed by atoms with Crippen LogP contribution in [0.25, 0.3) is 0 Å². The van der Waals surface area contributed by atoms with Crippen LogP contribution in [0.1, 0.15) is 26.2 Å². The van der Waals surface area contributed by atoms with Crippen molar-refractivity contribution in [3.05, 3.63) is 29.3 Å². The molecule has 1 fully saturated rings. The summed E-state index contributed by atoms with van der Waals surface area (Å²) < 4.78 is 32.9.